The van der Waals surface area contributed by atoms with Gasteiger partial charge in [0.1, 0.15) is 11.5 Å². The summed E-state index contributed by atoms with van der Waals surface area (Å²) in [5.74, 6) is 2.24. The molecule has 2 fully saturated rings. The van der Waals surface area contributed by atoms with Crippen molar-refractivity contribution in [3.05, 3.63) is 95.6 Å². The molecule has 200 valence electrons. The Balaban J connectivity index is 0.00000190. The number of hydrogen-bond acceptors (Lipinski definition) is 4. The van der Waals surface area contributed by atoms with Crippen LogP contribution < -0.4 is 9.47 Å². The van der Waals surface area contributed by atoms with Crippen molar-refractivity contribution in [1.82, 2.24) is 9.80 Å². The minimum atomic E-state index is 0. The largest absolute Gasteiger partial charge is 0.493 e. The molecule has 3 aromatic carbocycles. The first-order valence-electron chi connectivity index (χ1n) is 13.2. The van der Waals surface area contributed by atoms with E-state index in [0.29, 0.717) is 31.2 Å². The van der Waals surface area contributed by atoms with Gasteiger partial charge >= 0.3 is 0 Å². The zero-order valence-corrected chi connectivity index (χ0v) is 23.6. The predicted octanol–water partition coefficient (Wildman–Crippen LogP) is 6.81. The van der Waals surface area contributed by atoms with Crippen LogP contribution in [0.3, 0.4) is 0 Å². The number of rotatable bonds is 9. The van der Waals surface area contributed by atoms with Gasteiger partial charge in [0.15, 0.2) is 0 Å². The number of nitrogens with zero attached hydrogens (tertiary/aromatic N) is 2. The Kier molecular flexibility index (Phi) is 11.1. The van der Waals surface area contributed by atoms with Crippen LogP contribution >= 0.6 is 24.8 Å². The molecular weight excluding hydrogens is 503 g/mol. The highest BCUT2D eigenvalue weighted by atomic mass is 35.5. The first kappa shape index (κ1) is 29.3. The van der Waals surface area contributed by atoms with Gasteiger partial charge in [0.05, 0.1) is 18.8 Å². The summed E-state index contributed by atoms with van der Waals surface area (Å²) in [4.78, 5) is 5.45. The lowest BCUT2D eigenvalue weighted by molar-refractivity contribution is 0.0375. The summed E-state index contributed by atoms with van der Waals surface area (Å²) in [6, 6.07) is 29.4. The Morgan fingerprint density at radius 2 is 1.32 bits per heavy atom. The maximum Gasteiger partial charge on any atom is 0.127 e. The molecule has 0 saturated carbocycles. The summed E-state index contributed by atoms with van der Waals surface area (Å²) in [5, 5.41) is 0. The van der Waals surface area contributed by atoms with Crippen LogP contribution in [0, 0.1) is 0 Å². The van der Waals surface area contributed by atoms with Crippen LogP contribution in [0.2, 0.25) is 0 Å². The minimum absolute atomic E-state index is 0. The van der Waals surface area contributed by atoms with Gasteiger partial charge in [-0.1, -0.05) is 66.7 Å². The van der Waals surface area contributed by atoms with Crippen molar-refractivity contribution in [3.8, 4) is 11.5 Å². The number of ether oxygens (including phenoxy) is 2. The molecule has 2 saturated heterocycles. The van der Waals surface area contributed by atoms with Crippen molar-refractivity contribution in [2.45, 2.75) is 51.2 Å². The van der Waals surface area contributed by atoms with Gasteiger partial charge in [-0.05, 0) is 56.5 Å². The molecule has 2 aliphatic heterocycles. The third-order valence-electron chi connectivity index (χ3n) is 7.54. The predicted molar refractivity (Wildman–Crippen MR) is 157 cm³/mol. The highest BCUT2D eigenvalue weighted by Crippen LogP contribution is 2.39. The standard InChI is InChI=1S/C31H38N2O2.2ClH/c1-3-34-29-18-11-19-30(35-4-2)27(29)22-32-21-26-17-12-20-33(26)28(23-32)31(24-13-7-5-8-14-24)25-15-9-6-10-16-25;;/h5-11,13-16,18-19,26,28,31H,3-4,12,17,20-23H2,1-2H3;2*1H/t26-,28-;;/m0../s1. The van der Waals surface area contributed by atoms with E-state index in [4.69, 9.17) is 9.47 Å². The van der Waals surface area contributed by atoms with Crippen molar-refractivity contribution in [2.24, 2.45) is 0 Å². The van der Waals surface area contributed by atoms with E-state index in [-0.39, 0.29) is 24.8 Å². The molecule has 37 heavy (non-hydrogen) atoms. The SMILES string of the molecule is CCOc1cccc(OCC)c1CN1C[C@@H]2CCCN2[C@H](C(c2ccccc2)c2ccccc2)C1.Cl.Cl. The second-order valence-corrected chi connectivity index (χ2v) is 9.69. The van der Waals surface area contributed by atoms with Crippen LogP contribution in [0.4, 0.5) is 0 Å². The minimum Gasteiger partial charge on any atom is -0.493 e. The lowest BCUT2D eigenvalue weighted by Gasteiger charge is -2.47. The molecule has 2 atom stereocenters. The number of fused-ring (bicyclic) bond motifs is 1. The average molecular weight is 544 g/mol. The van der Waals surface area contributed by atoms with Gasteiger partial charge in [-0.2, -0.15) is 0 Å². The van der Waals surface area contributed by atoms with Crippen LogP contribution in [-0.4, -0.2) is 54.7 Å². The van der Waals surface area contributed by atoms with E-state index < -0.39 is 0 Å². The number of piperazine rings is 1. The maximum atomic E-state index is 6.05. The van der Waals surface area contributed by atoms with Crippen LogP contribution in [0.25, 0.3) is 0 Å². The summed E-state index contributed by atoms with van der Waals surface area (Å²) >= 11 is 0. The van der Waals surface area contributed by atoms with E-state index in [1.165, 1.54) is 36.1 Å². The van der Waals surface area contributed by atoms with Crippen LogP contribution in [0.15, 0.2) is 78.9 Å². The average Bonchev–Trinajstić information content (AvgIpc) is 3.37. The molecule has 0 N–H and O–H groups in total. The van der Waals surface area contributed by atoms with Gasteiger partial charge in [0.25, 0.3) is 0 Å². The number of benzene rings is 3. The summed E-state index contributed by atoms with van der Waals surface area (Å²) < 4.78 is 12.1. The van der Waals surface area contributed by atoms with Gasteiger partial charge in [0.2, 0.25) is 0 Å². The third kappa shape index (κ3) is 6.61. The summed E-state index contributed by atoms with van der Waals surface area (Å²) in [7, 11) is 0. The zero-order valence-electron chi connectivity index (χ0n) is 21.9. The highest BCUT2D eigenvalue weighted by Gasteiger charge is 2.42. The van der Waals surface area contributed by atoms with E-state index >= 15 is 0 Å². The van der Waals surface area contributed by atoms with Crippen LogP contribution in [-0.2, 0) is 6.54 Å². The molecule has 0 unspecified atom stereocenters. The molecule has 0 amide bonds. The normalized spacial score (nSPS) is 19.5. The summed E-state index contributed by atoms with van der Waals surface area (Å²) in [5.41, 5.74) is 3.99. The van der Waals surface area contributed by atoms with Crippen LogP contribution in [0.5, 0.6) is 11.5 Å². The molecule has 5 rings (SSSR count). The molecule has 2 aliphatic rings. The number of hydrogen-bond donors (Lipinski definition) is 0. The third-order valence-corrected chi connectivity index (χ3v) is 7.54. The Bertz CT molecular complexity index is 1020. The summed E-state index contributed by atoms with van der Waals surface area (Å²) in [6.45, 7) is 9.58. The molecule has 4 nitrogen and oxygen atoms in total. The molecular formula is C31H40Cl2N2O2. The van der Waals surface area contributed by atoms with Gasteiger partial charge in [-0.25, -0.2) is 0 Å². The lowest BCUT2D eigenvalue weighted by Crippen LogP contribution is -2.57. The Labute approximate surface area is 234 Å². The number of halogens is 2. The maximum absolute atomic E-state index is 6.05. The van der Waals surface area contributed by atoms with E-state index in [1.807, 2.05) is 6.07 Å². The Morgan fingerprint density at radius 1 is 0.757 bits per heavy atom. The van der Waals surface area contributed by atoms with Gasteiger partial charge in [0, 0.05) is 37.6 Å². The van der Waals surface area contributed by atoms with Crippen LogP contribution in [0.1, 0.15) is 49.3 Å². The smallest absolute Gasteiger partial charge is 0.127 e. The summed E-state index contributed by atoms with van der Waals surface area (Å²) in [6.07, 6.45) is 2.56. The van der Waals surface area contributed by atoms with Gasteiger partial charge in [-0.15, -0.1) is 24.8 Å². The first-order valence-corrected chi connectivity index (χ1v) is 13.2. The zero-order chi connectivity index (χ0) is 24.0. The second-order valence-electron chi connectivity index (χ2n) is 9.69. The Hall–Kier alpha value is -2.24. The molecule has 6 heteroatoms. The first-order chi connectivity index (χ1) is 17.3. The van der Waals surface area contributed by atoms with Gasteiger partial charge in [-0.3, -0.25) is 9.80 Å². The topological polar surface area (TPSA) is 24.9 Å². The molecule has 3 aromatic rings. The fourth-order valence-corrected chi connectivity index (χ4v) is 6.12. The fraction of sp³-hybridized carbons (Fsp3) is 0.419. The van der Waals surface area contributed by atoms with Crippen molar-refractivity contribution in [3.63, 3.8) is 0 Å². The molecule has 0 spiro atoms. The molecule has 0 aromatic heterocycles. The molecule has 2 heterocycles. The van der Waals surface area contributed by atoms with Crippen molar-refractivity contribution >= 4 is 24.8 Å². The monoisotopic (exact) mass is 542 g/mol. The van der Waals surface area contributed by atoms with E-state index in [0.717, 1.165) is 31.1 Å². The second kappa shape index (κ2) is 14.1. The molecule has 0 bridgehead atoms. The fourth-order valence-electron chi connectivity index (χ4n) is 6.12. The molecule has 0 radical (unpaired) electrons. The quantitative estimate of drug-likeness (QED) is 0.296. The Morgan fingerprint density at radius 3 is 1.86 bits per heavy atom. The molecule has 0 aliphatic carbocycles. The van der Waals surface area contributed by atoms with E-state index in [2.05, 4.69) is 96.4 Å². The van der Waals surface area contributed by atoms with Crippen molar-refractivity contribution in [1.29, 1.82) is 0 Å². The highest BCUT2D eigenvalue weighted by molar-refractivity contribution is 5.85. The van der Waals surface area contributed by atoms with Crippen molar-refractivity contribution in [2.75, 3.05) is 32.8 Å². The van der Waals surface area contributed by atoms with E-state index in [1.54, 1.807) is 0 Å². The van der Waals surface area contributed by atoms with Crippen molar-refractivity contribution < 1.29 is 9.47 Å². The lowest BCUT2D eigenvalue weighted by atomic mass is 9.82. The van der Waals surface area contributed by atoms with E-state index in [9.17, 15) is 0 Å². The van der Waals surface area contributed by atoms with Gasteiger partial charge < -0.3 is 9.47 Å².